The molecule has 0 amide bonds. The molecule has 0 unspecified atom stereocenters. The van der Waals surface area contributed by atoms with Gasteiger partial charge in [0.25, 0.3) is 0 Å². The monoisotopic (exact) mass is 446 g/mol. The number of pyridine rings is 1. The Balaban J connectivity index is 1.41. The number of para-hydroxylation sites is 2. The third kappa shape index (κ3) is 2.73. The summed E-state index contributed by atoms with van der Waals surface area (Å²) >= 11 is 0. The number of allylic oxidation sites excluding steroid dienone is 2. The molecule has 5 nitrogen and oxygen atoms in total. The van der Waals surface area contributed by atoms with Crippen LogP contribution in [-0.2, 0) is 15.0 Å². The van der Waals surface area contributed by atoms with Gasteiger partial charge < -0.3 is 4.57 Å². The van der Waals surface area contributed by atoms with Gasteiger partial charge in [-0.2, -0.15) is 4.58 Å². The van der Waals surface area contributed by atoms with Gasteiger partial charge in [-0.05, 0) is 37.6 Å². The molecule has 0 N–H and O–H groups in total. The molecular formula is C29H24N3O2+. The summed E-state index contributed by atoms with van der Waals surface area (Å²) in [7, 11) is 1.99. The molecule has 2 aliphatic rings. The Morgan fingerprint density at radius 2 is 1.71 bits per heavy atom. The minimum atomic E-state index is -0.771. The summed E-state index contributed by atoms with van der Waals surface area (Å²) in [5.41, 5.74) is 5.84. The zero-order valence-corrected chi connectivity index (χ0v) is 19.3. The second-order valence-corrected chi connectivity index (χ2v) is 9.49. The maximum atomic E-state index is 13.4. The third-order valence-electron chi connectivity index (χ3n) is 7.25. The van der Waals surface area contributed by atoms with Crippen molar-refractivity contribution in [3.63, 3.8) is 0 Å². The maximum absolute atomic E-state index is 13.4. The minimum absolute atomic E-state index is 0.119. The molecule has 6 rings (SSSR count). The van der Waals surface area contributed by atoms with Crippen molar-refractivity contribution >= 4 is 33.9 Å². The number of fused-ring (bicyclic) bond motifs is 2. The summed E-state index contributed by atoms with van der Waals surface area (Å²) in [6.07, 6.45) is 7.22. The smallest absolute Gasteiger partial charge is 0.209 e. The van der Waals surface area contributed by atoms with Gasteiger partial charge >= 0.3 is 0 Å². The standard InChI is InChI=1S/C29H24N3O2/c1-29(2)22-11-5-7-13-24(22)31(3)25(29)15-20-27(33)26(28(20)34)21-17-32(18-9-8-14-30-16-18)23-12-6-4-10-19(21)23/h4-17,26H,1-3H3/q+1. The van der Waals surface area contributed by atoms with Crippen LogP contribution in [0.3, 0.4) is 0 Å². The highest BCUT2D eigenvalue weighted by Crippen LogP contribution is 2.43. The lowest BCUT2D eigenvalue weighted by Crippen LogP contribution is -2.40. The Morgan fingerprint density at radius 3 is 2.44 bits per heavy atom. The summed E-state index contributed by atoms with van der Waals surface area (Å²) in [6.45, 7) is 4.27. The van der Waals surface area contributed by atoms with Gasteiger partial charge in [0.15, 0.2) is 17.3 Å². The second kappa shape index (κ2) is 7.19. The number of benzene rings is 2. The quantitative estimate of drug-likeness (QED) is 0.195. The van der Waals surface area contributed by atoms with Crippen molar-refractivity contribution in [1.82, 2.24) is 9.55 Å². The molecule has 0 spiro atoms. The molecule has 5 heteroatoms. The predicted octanol–water partition coefficient (Wildman–Crippen LogP) is 4.89. The van der Waals surface area contributed by atoms with Gasteiger partial charge in [-0.15, -0.1) is 0 Å². The number of hydrogen-bond acceptors (Lipinski definition) is 3. The van der Waals surface area contributed by atoms with Gasteiger partial charge in [0.1, 0.15) is 13.0 Å². The van der Waals surface area contributed by atoms with E-state index in [0.29, 0.717) is 0 Å². The minimum Gasteiger partial charge on any atom is -0.315 e. The zero-order chi connectivity index (χ0) is 23.6. The van der Waals surface area contributed by atoms with E-state index in [9.17, 15) is 9.59 Å². The first-order valence-electron chi connectivity index (χ1n) is 11.4. The molecule has 34 heavy (non-hydrogen) atoms. The molecule has 1 aliphatic heterocycles. The normalized spacial score (nSPS) is 18.9. The summed E-state index contributed by atoms with van der Waals surface area (Å²) in [6, 6.07) is 19.9. The lowest BCUT2D eigenvalue weighted by atomic mass is 9.71. The van der Waals surface area contributed by atoms with E-state index in [-0.39, 0.29) is 22.6 Å². The number of ketones is 2. The molecule has 1 saturated carbocycles. The third-order valence-corrected chi connectivity index (χ3v) is 7.25. The van der Waals surface area contributed by atoms with Crippen LogP contribution in [0.1, 0.15) is 30.9 Å². The molecule has 2 aromatic carbocycles. The molecule has 3 heterocycles. The molecule has 1 fully saturated rings. The van der Waals surface area contributed by atoms with E-state index in [4.69, 9.17) is 0 Å². The maximum Gasteiger partial charge on any atom is 0.209 e. The summed E-state index contributed by atoms with van der Waals surface area (Å²) in [4.78, 5) is 31.0. The number of carbonyl (C=O) groups is 2. The van der Waals surface area contributed by atoms with Crippen LogP contribution in [0, 0.1) is 0 Å². The van der Waals surface area contributed by atoms with E-state index < -0.39 is 5.92 Å². The van der Waals surface area contributed by atoms with E-state index in [1.165, 1.54) is 5.56 Å². The van der Waals surface area contributed by atoms with Crippen molar-refractivity contribution in [2.75, 3.05) is 7.05 Å². The molecule has 1 aliphatic carbocycles. The van der Waals surface area contributed by atoms with E-state index in [1.807, 2.05) is 72.4 Å². The first-order valence-corrected chi connectivity index (χ1v) is 11.4. The van der Waals surface area contributed by atoms with Crippen LogP contribution in [-0.4, -0.2) is 38.5 Å². The molecule has 0 radical (unpaired) electrons. The van der Waals surface area contributed by atoms with Crippen molar-refractivity contribution in [2.24, 2.45) is 0 Å². The van der Waals surface area contributed by atoms with E-state index in [0.717, 1.165) is 33.6 Å². The van der Waals surface area contributed by atoms with E-state index in [2.05, 4.69) is 35.5 Å². The van der Waals surface area contributed by atoms with E-state index >= 15 is 0 Å². The van der Waals surface area contributed by atoms with Crippen LogP contribution in [0.25, 0.3) is 16.6 Å². The van der Waals surface area contributed by atoms with Crippen LogP contribution in [0.4, 0.5) is 5.69 Å². The predicted molar refractivity (Wildman–Crippen MR) is 132 cm³/mol. The van der Waals surface area contributed by atoms with Crippen LogP contribution < -0.4 is 0 Å². The fourth-order valence-corrected chi connectivity index (χ4v) is 5.44. The van der Waals surface area contributed by atoms with Crippen LogP contribution in [0.15, 0.2) is 90.9 Å². The highest BCUT2D eigenvalue weighted by atomic mass is 16.2. The summed E-state index contributed by atoms with van der Waals surface area (Å²) in [5, 5.41) is 0.912. The van der Waals surface area contributed by atoms with Crippen LogP contribution in [0.5, 0.6) is 0 Å². The average molecular weight is 447 g/mol. The van der Waals surface area contributed by atoms with Gasteiger partial charge in [0.2, 0.25) is 5.69 Å². The van der Waals surface area contributed by atoms with Crippen molar-refractivity contribution < 1.29 is 14.2 Å². The number of hydrogen-bond donors (Lipinski definition) is 0. The van der Waals surface area contributed by atoms with Crippen molar-refractivity contribution in [1.29, 1.82) is 0 Å². The topological polar surface area (TPSA) is 55.0 Å². The highest BCUT2D eigenvalue weighted by molar-refractivity contribution is 6.43. The molecule has 0 bridgehead atoms. The van der Waals surface area contributed by atoms with Crippen molar-refractivity contribution in [2.45, 2.75) is 25.2 Å². The molecule has 2 aromatic heterocycles. The Morgan fingerprint density at radius 1 is 0.971 bits per heavy atom. The Hall–Kier alpha value is -4.12. The lowest BCUT2D eigenvalue weighted by Gasteiger charge is -2.26. The van der Waals surface area contributed by atoms with Gasteiger partial charge in [0, 0.05) is 35.5 Å². The SMILES string of the molecule is C[N+]1=C(C=C2C(=O)C(c3cn(-c4cccnc4)c4ccccc34)C2=O)C(C)(C)c2ccccc21. The largest absolute Gasteiger partial charge is 0.315 e. The van der Waals surface area contributed by atoms with Gasteiger partial charge in [-0.3, -0.25) is 14.6 Å². The van der Waals surface area contributed by atoms with E-state index in [1.54, 1.807) is 12.4 Å². The number of nitrogens with zero attached hydrogens (tertiary/aromatic N) is 3. The number of aromatic nitrogens is 2. The molecular weight excluding hydrogens is 422 g/mol. The van der Waals surface area contributed by atoms with Crippen molar-refractivity contribution in [3.05, 3.63) is 102 Å². The fourth-order valence-electron chi connectivity index (χ4n) is 5.44. The number of rotatable bonds is 3. The van der Waals surface area contributed by atoms with Gasteiger partial charge in [0.05, 0.1) is 28.4 Å². The fraction of sp³-hybridized carbons (Fsp3) is 0.172. The Labute approximate surface area is 197 Å². The summed E-state index contributed by atoms with van der Waals surface area (Å²) < 4.78 is 4.09. The first-order chi connectivity index (χ1) is 16.4. The van der Waals surface area contributed by atoms with Crippen LogP contribution in [0.2, 0.25) is 0 Å². The molecule has 0 atom stereocenters. The number of Topliss-reactive ketones (excluding diaryl/α,β-unsaturated/α-hetero) is 2. The van der Waals surface area contributed by atoms with Gasteiger partial charge in [-0.25, -0.2) is 0 Å². The number of carbonyl (C=O) groups excluding carboxylic acids is 2. The average Bonchev–Trinajstić information content (AvgIpc) is 3.32. The van der Waals surface area contributed by atoms with Crippen LogP contribution >= 0.6 is 0 Å². The Bertz CT molecular complexity index is 1550. The molecule has 166 valence electrons. The molecule has 4 aromatic rings. The summed E-state index contributed by atoms with van der Waals surface area (Å²) in [5.74, 6) is -1.01. The van der Waals surface area contributed by atoms with Crippen molar-refractivity contribution in [3.8, 4) is 5.69 Å². The highest BCUT2D eigenvalue weighted by Gasteiger charge is 2.49. The first kappa shape index (κ1) is 20.5. The van der Waals surface area contributed by atoms with Gasteiger partial charge in [-0.1, -0.05) is 36.4 Å². The zero-order valence-electron chi connectivity index (χ0n) is 19.3. The molecule has 0 saturated heterocycles. The Kier molecular flexibility index (Phi) is 4.33. The second-order valence-electron chi connectivity index (χ2n) is 9.49. The lowest BCUT2D eigenvalue weighted by molar-refractivity contribution is -0.401.